The number of piperidine rings is 1. The zero-order valence-electron chi connectivity index (χ0n) is 28.6. The number of nitriles is 1. The Balaban J connectivity index is 1.15. The molecule has 3 aromatic rings. The number of likely N-dealkylation sites (tertiary alicyclic amines) is 1. The fourth-order valence-electron chi connectivity index (χ4n) is 6.42. The molecule has 1 aromatic heterocycles. The molecular formula is C40H51FN6. The SMILES string of the molecule is C=N/C(=C\C=C/CC1CCN(Cc2nc3ccc(C(=C)NCC(C)(C)C)cc3n2CC2CCC2)CC1)CCc1ccc(C#N)cc1F. The molecule has 1 aliphatic carbocycles. The van der Waals surface area contributed by atoms with E-state index in [1.807, 2.05) is 12.1 Å². The predicted octanol–water partition coefficient (Wildman–Crippen LogP) is 8.83. The molecule has 0 spiro atoms. The van der Waals surface area contributed by atoms with Crippen LogP contribution in [0.3, 0.4) is 0 Å². The van der Waals surface area contributed by atoms with Gasteiger partial charge in [-0.3, -0.25) is 9.89 Å². The van der Waals surface area contributed by atoms with Crippen molar-refractivity contribution in [1.82, 2.24) is 19.8 Å². The van der Waals surface area contributed by atoms with Crippen molar-refractivity contribution < 1.29 is 4.39 Å². The predicted molar refractivity (Wildman–Crippen MR) is 192 cm³/mol. The number of nitrogens with one attached hydrogen (secondary N) is 1. The first-order valence-electron chi connectivity index (χ1n) is 17.3. The van der Waals surface area contributed by atoms with Crippen LogP contribution in [0.4, 0.5) is 4.39 Å². The van der Waals surface area contributed by atoms with E-state index in [2.05, 4.69) is 84.2 Å². The summed E-state index contributed by atoms with van der Waals surface area (Å²) in [5.41, 5.74) is 6.38. The van der Waals surface area contributed by atoms with Crippen LogP contribution >= 0.6 is 0 Å². The van der Waals surface area contributed by atoms with E-state index in [0.717, 1.165) is 67.5 Å². The lowest BCUT2D eigenvalue weighted by molar-refractivity contribution is 0.171. The fraction of sp³-hybridized carbons (Fsp3) is 0.475. The van der Waals surface area contributed by atoms with Crippen LogP contribution in [0, 0.1) is 34.4 Å². The molecule has 0 amide bonds. The zero-order chi connectivity index (χ0) is 33.4. The first-order chi connectivity index (χ1) is 22.6. The molecule has 2 aliphatic rings. The lowest BCUT2D eigenvalue weighted by Crippen LogP contribution is -2.34. The molecule has 47 heavy (non-hydrogen) atoms. The molecule has 0 radical (unpaired) electrons. The summed E-state index contributed by atoms with van der Waals surface area (Å²) < 4.78 is 16.7. The molecule has 2 heterocycles. The minimum Gasteiger partial charge on any atom is -0.385 e. The number of aliphatic imine (C=N–C) groups is 1. The van der Waals surface area contributed by atoms with Crippen LogP contribution in [-0.4, -0.2) is 40.8 Å². The molecule has 1 aliphatic heterocycles. The summed E-state index contributed by atoms with van der Waals surface area (Å²) in [6, 6.07) is 13.2. The van der Waals surface area contributed by atoms with Crippen LogP contribution in [-0.2, 0) is 19.5 Å². The smallest absolute Gasteiger partial charge is 0.127 e. The van der Waals surface area contributed by atoms with Crippen LogP contribution in [0.1, 0.15) is 88.2 Å². The van der Waals surface area contributed by atoms with E-state index in [0.29, 0.717) is 29.9 Å². The van der Waals surface area contributed by atoms with Gasteiger partial charge in [0.15, 0.2) is 0 Å². The fourth-order valence-corrected chi connectivity index (χ4v) is 6.42. The normalized spacial score (nSPS) is 16.8. The summed E-state index contributed by atoms with van der Waals surface area (Å²) in [6.45, 7) is 19.7. The van der Waals surface area contributed by atoms with E-state index in [9.17, 15) is 4.39 Å². The minimum atomic E-state index is -0.343. The zero-order valence-corrected chi connectivity index (χ0v) is 28.6. The largest absolute Gasteiger partial charge is 0.385 e. The molecule has 2 fully saturated rings. The van der Waals surface area contributed by atoms with Crippen LogP contribution in [0.25, 0.3) is 16.7 Å². The summed E-state index contributed by atoms with van der Waals surface area (Å²) in [5, 5.41) is 12.5. The van der Waals surface area contributed by atoms with Gasteiger partial charge in [0.05, 0.1) is 29.2 Å². The van der Waals surface area contributed by atoms with Gasteiger partial charge in [-0.25, -0.2) is 9.37 Å². The number of aryl methyl sites for hydroxylation is 1. The Kier molecular flexibility index (Phi) is 11.5. The Hall–Kier alpha value is -4.02. The van der Waals surface area contributed by atoms with E-state index in [1.165, 1.54) is 49.5 Å². The second kappa shape index (κ2) is 15.7. The Bertz CT molecular complexity index is 1650. The van der Waals surface area contributed by atoms with Gasteiger partial charge in [0, 0.05) is 24.5 Å². The first kappa shape index (κ1) is 34.3. The molecule has 0 atom stereocenters. The quantitative estimate of drug-likeness (QED) is 0.142. The third kappa shape index (κ3) is 9.51. The van der Waals surface area contributed by atoms with Gasteiger partial charge in [0.2, 0.25) is 0 Å². The molecule has 0 bridgehead atoms. The van der Waals surface area contributed by atoms with Gasteiger partial charge in [-0.05, 0) is 123 Å². The van der Waals surface area contributed by atoms with Crippen molar-refractivity contribution in [2.24, 2.45) is 22.2 Å². The minimum absolute atomic E-state index is 0.192. The maximum Gasteiger partial charge on any atom is 0.127 e. The number of hydrogen-bond donors (Lipinski definition) is 1. The summed E-state index contributed by atoms with van der Waals surface area (Å²) in [5.74, 6) is 2.25. The van der Waals surface area contributed by atoms with Crippen molar-refractivity contribution in [3.8, 4) is 6.07 Å². The molecule has 1 saturated carbocycles. The standard InChI is InChI=1S/C40H51FN6/c1-29(44-28-40(2,3)4)34-16-18-37-38(24-34)47(26-31-10-8-11-31)39(45-37)27-46-21-19-30(20-22-46)9-6-7-12-35(43-5)17-15-33-14-13-32(25-42)23-36(33)41/h6-7,12-14,16,18,23-24,30-31,44H,1,5,8-11,15,17,19-22,26-28H2,2-4H3/b7-6-,35-12-. The van der Waals surface area contributed by atoms with E-state index in [-0.39, 0.29) is 11.2 Å². The number of allylic oxidation sites excluding steroid dienone is 4. The highest BCUT2D eigenvalue weighted by Gasteiger charge is 2.24. The summed E-state index contributed by atoms with van der Waals surface area (Å²) >= 11 is 0. The Morgan fingerprint density at radius 1 is 1.13 bits per heavy atom. The van der Waals surface area contributed by atoms with Gasteiger partial charge < -0.3 is 9.88 Å². The molecule has 6 nitrogen and oxygen atoms in total. The first-order valence-corrected chi connectivity index (χ1v) is 17.3. The highest BCUT2D eigenvalue weighted by atomic mass is 19.1. The Morgan fingerprint density at radius 2 is 1.91 bits per heavy atom. The second-order valence-electron chi connectivity index (χ2n) is 14.6. The lowest BCUT2D eigenvalue weighted by Gasteiger charge is -2.32. The monoisotopic (exact) mass is 634 g/mol. The van der Waals surface area contributed by atoms with Crippen molar-refractivity contribution >= 4 is 23.4 Å². The second-order valence-corrected chi connectivity index (χ2v) is 14.6. The Morgan fingerprint density at radius 3 is 2.57 bits per heavy atom. The molecular weight excluding hydrogens is 583 g/mol. The number of fused-ring (bicyclic) bond motifs is 1. The van der Waals surface area contributed by atoms with Crippen molar-refractivity contribution in [2.45, 2.75) is 85.2 Å². The van der Waals surface area contributed by atoms with E-state index in [4.69, 9.17) is 10.2 Å². The third-order valence-electron chi connectivity index (χ3n) is 9.68. The van der Waals surface area contributed by atoms with Crippen molar-refractivity contribution in [1.29, 1.82) is 5.26 Å². The summed E-state index contributed by atoms with van der Waals surface area (Å²) in [6.07, 6.45) is 14.7. The average molecular weight is 635 g/mol. The molecule has 7 heteroatoms. The molecule has 2 aromatic carbocycles. The van der Waals surface area contributed by atoms with Crippen LogP contribution in [0.15, 0.2) is 71.9 Å². The third-order valence-corrected chi connectivity index (χ3v) is 9.68. The van der Waals surface area contributed by atoms with Gasteiger partial charge >= 0.3 is 0 Å². The van der Waals surface area contributed by atoms with E-state index in [1.54, 1.807) is 12.1 Å². The van der Waals surface area contributed by atoms with E-state index < -0.39 is 0 Å². The highest BCUT2D eigenvalue weighted by molar-refractivity contribution is 5.81. The number of halogens is 1. The number of aromatic nitrogens is 2. The van der Waals surface area contributed by atoms with Crippen LogP contribution in [0.2, 0.25) is 0 Å². The van der Waals surface area contributed by atoms with Crippen LogP contribution < -0.4 is 5.32 Å². The van der Waals surface area contributed by atoms with Gasteiger partial charge in [-0.1, -0.05) is 58.1 Å². The van der Waals surface area contributed by atoms with Crippen molar-refractivity contribution in [3.05, 3.63) is 95.2 Å². The number of hydrogen-bond acceptors (Lipinski definition) is 5. The summed E-state index contributed by atoms with van der Waals surface area (Å²) in [4.78, 5) is 11.9. The average Bonchev–Trinajstić information content (AvgIpc) is 3.37. The molecule has 1 N–H and O–H groups in total. The van der Waals surface area contributed by atoms with Crippen LogP contribution in [0.5, 0.6) is 0 Å². The number of nitrogens with zero attached hydrogens (tertiary/aromatic N) is 5. The van der Waals surface area contributed by atoms with Crippen molar-refractivity contribution in [3.63, 3.8) is 0 Å². The topological polar surface area (TPSA) is 69.2 Å². The van der Waals surface area contributed by atoms with Gasteiger partial charge in [-0.2, -0.15) is 5.26 Å². The number of benzene rings is 2. The maximum atomic E-state index is 14.2. The highest BCUT2D eigenvalue weighted by Crippen LogP contribution is 2.32. The Labute approximate surface area is 280 Å². The lowest BCUT2D eigenvalue weighted by atomic mass is 9.85. The molecule has 248 valence electrons. The summed E-state index contributed by atoms with van der Waals surface area (Å²) in [7, 11) is 0. The molecule has 0 unspecified atom stereocenters. The maximum absolute atomic E-state index is 14.2. The van der Waals surface area contributed by atoms with Gasteiger partial charge in [0.25, 0.3) is 0 Å². The molecule has 5 rings (SSSR count). The molecule has 1 saturated heterocycles. The van der Waals surface area contributed by atoms with E-state index >= 15 is 0 Å². The number of imidazole rings is 1. The van der Waals surface area contributed by atoms with Gasteiger partial charge in [-0.15, -0.1) is 0 Å². The van der Waals surface area contributed by atoms with Gasteiger partial charge in [0.1, 0.15) is 11.6 Å². The number of rotatable bonds is 14. The van der Waals surface area contributed by atoms with Crippen molar-refractivity contribution in [2.75, 3.05) is 19.6 Å².